The van der Waals surface area contributed by atoms with Crippen LogP contribution in [-0.4, -0.2) is 68.6 Å². The van der Waals surface area contributed by atoms with Gasteiger partial charge in [-0.05, 0) is 51.7 Å². The Labute approximate surface area is 185 Å². The van der Waals surface area contributed by atoms with E-state index in [0.717, 1.165) is 36.4 Å². The zero-order valence-corrected chi connectivity index (χ0v) is 17.9. The van der Waals surface area contributed by atoms with Crippen LogP contribution in [0.5, 0.6) is 0 Å². The van der Waals surface area contributed by atoms with Gasteiger partial charge in [-0.2, -0.15) is 5.26 Å². The summed E-state index contributed by atoms with van der Waals surface area (Å²) in [4.78, 5) is 17.0. The second-order valence-electron chi connectivity index (χ2n) is 8.03. The van der Waals surface area contributed by atoms with Gasteiger partial charge in [-0.3, -0.25) is 9.69 Å². The molecule has 1 fully saturated rings. The summed E-state index contributed by atoms with van der Waals surface area (Å²) < 4.78 is 15.1. The molecule has 2 aromatic carbocycles. The summed E-state index contributed by atoms with van der Waals surface area (Å²) in [6.45, 7) is 5.82. The standard InChI is InChI=1S/C23H24FN7O/c1-17(19-4-7-22(24)20(13-19)14-25)15-29-8-10-30(11-9-29)23(32)12-18-2-5-21(6-3-18)31-16-26-27-28-31/h2-7,13,16-17H,8-12,15H2,1H3. The van der Waals surface area contributed by atoms with Crippen LogP contribution in [0.1, 0.15) is 29.5 Å². The third kappa shape index (κ3) is 4.98. The lowest BCUT2D eigenvalue weighted by molar-refractivity contribution is -0.132. The molecule has 1 aliphatic heterocycles. The molecule has 0 bridgehead atoms. The number of nitrogens with zero attached hydrogens (tertiary/aromatic N) is 7. The maximum Gasteiger partial charge on any atom is 0.227 e. The Balaban J connectivity index is 1.27. The highest BCUT2D eigenvalue weighted by molar-refractivity contribution is 5.79. The number of aromatic nitrogens is 4. The van der Waals surface area contributed by atoms with E-state index in [1.165, 1.54) is 12.4 Å². The van der Waals surface area contributed by atoms with E-state index in [-0.39, 0.29) is 17.4 Å². The number of piperazine rings is 1. The molecule has 0 saturated carbocycles. The van der Waals surface area contributed by atoms with E-state index in [9.17, 15) is 9.18 Å². The number of benzene rings is 2. The van der Waals surface area contributed by atoms with E-state index in [1.54, 1.807) is 16.8 Å². The maximum atomic E-state index is 13.6. The van der Waals surface area contributed by atoms with Crippen molar-refractivity contribution < 1.29 is 9.18 Å². The highest BCUT2D eigenvalue weighted by atomic mass is 19.1. The summed E-state index contributed by atoms with van der Waals surface area (Å²) in [7, 11) is 0. The van der Waals surface area contributed by atoms with Crippen LogP contribution in [-0.2, 0) is 11.2 Å². The molecule has 0 spiro atoms. The van der Waals surface area contributed by atoms with Crippen molar-refractivity contribution in [2.75, 3.05) is 32.7 Å². The van der Waals surface area contributed by atoms with Crippen molar-refractivity contribution in [1.82, 2.24) is 30.0 Å². The maximum absolute atomic E-state index is 13.6. The monoisotopic (exact) mass is 433 g/mol. The summed E-state index contributed by atoms with van der Waals surface area (Å²) in [5.74, 6) is -0.200. The predicted octanol–water partition coefficient (Wildman–Crippen LogP) is 2.16. The molecule has 3 aromatic rings. The number of rotatable bonds is 6. The Morgan fingerprint density at radius 2 is 1.91 bits per heavy atom. The number of tetrazole rings is 1. The first kappa shape index (κ1) is 21.6. The second-order valence-corrected chi connectivity index (χ2v) is 8.03. The average Bonchev–Trinajstić information content (AvgIpc) is 3.35. The number of carbonyl (C=O) groups excluding carboxylic acids is 1. The Morgan fingerprint density at radius 3 is 2.56 bits per heavy atom. The third-order valence-electron chi connectivity index (χ3n) is 5.84. The van der Waals surface area contributed by atoms with Crippen molar-refractivity contribution in [1.29, 1.82) is 5.26 Å². The molecule has 0 aliphatic carbocycles. The molecule has 1 aromatic heterocycles. The number of carbonyl (C=O) groups is 1. The number of amides is 1. The first-order chi connectivity index (χ1) is 15.5. The Bertz CT molecular complexity index is 1100. The third-order valence-corrected chi connectivity index (χ3v) is 5.84. The molecular weight excluding hydrogens is 409 g/mol. The van der Waals surface area contributed by atoms with E-state index in [2.05, 4.69) is 27.3 Å². The van der Waals surface area contributed by atoms with Crippen LogP contribution in [0, 0.1) is 17.1 Å². The molecule has 1 atom stereocenters. The highest BCUT2D eigenvalue weighted by Gasteiger charge is 2.23. The number of hydrogen-bond acceptors (Lipinski definition) is 6. The normalized spacial score (nSPS) is 15.3. The molecule has 8 nitrogen and oxygen atoms in total. The van der Waals surface area contributed by atoms with Gasteiger partial charge in [-0.15, -0.1) is 5.10 Å². The van der Waals surface area contributed by atoms with Crippen LogP contribution < -0.4 is 0 Å². The lowest BCUT2D eigenvalue weighted by atomic mass is 9.98. The summed E-state index contributed by atoms with van der Waals surface area (Å²) in [6, 6.07) is 14.3. The summed E-state index contributed by atoms with van der Waals surface area (Å²) in [6.07, 6.45) is 1.89. The molecule has 9 heteroatoms. The van der Waals surface area contributed by atoms with Gasteiger partial charge < -0.3 is 4.90 Å². The molecule has 32 heavy (non-hydrogen) atoms. The second kappa shape index (κ2) is 9.66. The molecule has 1 aliphatic rings. The first-order valence-electron chi connectivity index (χ1n) is 10.6. The van der Waals surface area contributed by atoms with Crippen LogP contribution in [0.25, 0.3) is 5.69 Å². The Morgan fingerprint density at radius 1 is 1.16 bits per heavy atom. The lowest BCUT2D eigenvalue weighted by Gasteiger charge is -2.36. The van der Waals surface area contributed by atoms with E-state index in [1.807, 2.05) is 35.2 Å². The zero-order valence-electron chi connectivity index (χ0n) is 17.9. The summed E-state index contributed by atoms with van der Waals surface area (Å²) in [5.41, 5.74) is 2.83. The van der Waals surface area contributed by atoms with Crippen LogP contribution in [0.15, 0.2) is 48.8 Å². The van der Waals surface area contributed by atoms with Gasteiger partial charge in [0, 0.05) is 32.7 Å². The first-order valence-corrected chi connectivity index (χ1v) is 10.6. The van der Waals surface area contributed by atoms with Gasteiger partial charge in [-0.25, -0.2) is 9.07 Å². The molecule has 0 radical (unpaired) electrons. The fraction of sp³-hybridized carbons (Fsp3) is 0.348. The average molecular weight is 433 g/mol. The van der Waals surface area contributed by atoms with Crippen molar-refractivity contribution in [3.8, 4) is 11.8 Å². The topological polar surface area (TPSA) is 90.9 Å². The van der Waals surface area contributed by atoms with Gasteiger partial charge in [0.15, 0.2) is 0 Å². The quantitative estimate of drug-likeness (QED) is 0.592. The van der Waals surface area contributed by atoms with Gasteiger partial charge in [-0.1, -0.05) is 25.1 Å². The minimum absolute atomic E-state index is 0.0794. The van der Waals surface area contributed by atoms with Crippen molar-refractivity contribution in [2.45, 2.75) is 19.3 Å². The molecule has 164 valence electrons. The van der Waals surface area contributed by atoms with Gasteiger partial charge in [0.2, 0.25) is 5.91 Å². The van der Waals surface area contributed by atoms with E-state index >= 15 is 0 Å². The van der Waals surface area contributed by atoms with Crippen LogP contribution in [0.2, 0.25) is 0 Å². The highest BCUT2D eigenvalue weighted by Crippen LogP contribution is 2.20. The molecule has 1 saturated heterocycles. The fourth-order valence-corrected chi connectivity index (χ4v) is 3.94. The van der Waals surface area contributed by atoms with Crippen molar-refractivity contribution in [3.63, 3.8) is 0 Å². The lowest BCUT2D eigenvalue weighted by Crippen LogP contribution is -2.49. The van der Waals surface area contributed by atoms with Crippen LogP contribution >= 0.6 is 0 Å². The fourth-order valence-electron chi connectivity index (χ4n) is 3.94. The van der Waals surface area contributed by atoms with Crippen molar-refractivity contribution >= 4 is 5.91 Å². The molecule has 1 amide bonds. The van der Waals surface area contributed by atoms with Crippen molar-refractivity contribution in [2.24, 2.45) is 0 Å². The SMILES string of the molecule is CC(CN1CCN(C(=O)Cc2ccc(-n3cnnn3)cc2)CC1)c1ccc(F)c(C#N)c1. The molecule has 0 N–H and O–H groups in total. The van der Waals surface area contributed by atoms with Gasteiger partial charge in [0.25, 0.3) is 0 Å². The number of hydrogen-bond donors (Lipinski definition) is 0. The van der Waals surface area contributed by atoms with Gasteiger partial charge in [0.05, 0.1) is 17.7 Å². The Hall–Kier alpha value is -3.64. The van der Waals surface area contributed by atoms with E-state index in [0.29, 0.717) is 19.5 Å². The van der Waals surface area contributed by atoms with E-state index < -0.39 is 5.82 Å². The smallest absolute Gasteiger partial charge is 0.227 e. The number of nitriles is 1. The molecule has 1 unspecified atom stereocenters. The Kier molecular flexibility index (Phi) is 6.52. The van der Waals surface area contributed by atoms with Gasteiger partial charge >= 0.3 is 0 Å². The summed E-state index contributed by atoms with van der Waals surface area (Å²) >= 11 is 0. The molecular formula is C23H24FN7O. The van der Waals surface area contributed by atoms with Gasteiger partial charge in [0.1, 0.15) is 18.2 Å². The molecule has 2 heterocycles. The summed E-state index contributed by atoms with van der Waals surface area (Å²) in [5, 5.41) is 20.1. The minimum atomic E-state index is -0.486. The van der Waals surface area contributed by atoms with E-state index in [4.69, 9.17) is 5.26 Å². The predicted molar refractivity (Wildman–Crippen MR) is 115 cm³/mol. The number of halogens is 1. The zero-order chi connectivity index (χ0) is 22.5. The van der Waals surface area contributed by atoms with Crippen LogP contribution in [0.4, 0.5) is 4.39 Å². The van der Waals surface area contributed by atoms with Crippen LogP contribution in [0.3, 0.4) is 0 Å². The minimum Gasteiger partial charge on any atom is -0.340 e. The largest absolute Gasteiger partial charge is 0.340 e. The molecule has 4 rings (SSSR count). The van der Waals surface area contributed by atoms with Crippen molar-refractivity contribution in [3.05, 3.63) is 71.3 Å².